The van der Waals surface area contributed by atoms with Crippen LogP contribution in [0.15, 0.2) is 41.1 Å². The van der Waals surface area contributed by atoms with Gasteiger partial charge in [0.15, 0.2) is 0 Å². The van der Waals surface area contributed by atoms with Crippen LogP contribution < -0.4 is 5.73 Å². The Morgan fingerprint density at radius 2 is 2.00 bits per heavy atom. The summed E-state index contributed by atoms with van der Waals surface area (Å²) in [5.41, 5.74) is 6.10. The van der Waals surface area contributed by atoms with Crippen molar-refractivity contribution in [2.75, 3.05) is 32.7 Å². The molecule has 1 aromatic carbocycles. The second kappa shape index (κ2) is 8.45. The Bertz CT molecular complexity index is 874. The molecule has 7 nitrogen and oxygen atoms in total. The topological polar surface area (TPSA) is 84.5 Å². The number of halogens is 2. The summed E-state index contributed by atoms with van der Waals surface area (Å²) in [6, 6.07) is 4.70. The molecule has 1 saturated heterocycles. The lowest BCUT2D eigenvalue weighted by atomic mass is 10.1. The number of hydrogen-bond acceptors (Lipinski definition) is 4. The van der Waals surface area contributed by atoms with E-state index in [0.29, 0.717) is 37.4 Å². The highest BCUT2D eigenvalue weighted by atomic mass is 79.9. The lowest BCUT2D eigenvalue weighted by Gasteiger charge is -2.33. The molecule has 142 valence electrons. The molecule has 2 N–H and O–H groups in total. The minimum atomic E-state index is -0.430. The van der Waals surface area contributed by atoms with Crippen LogP contribution in [-0.4, -0.2) is 64.1 Å². The van der Waals surface area contributed by atoms with Gasteiger partial charge in [-0.05, 0) is 39.7 Å². The highest BCUT2D eigenvalue weighted by Crippen LogP contribution is 2.18. The van der Waals surface area contributed by atoms with Crippen LogP contribution in [0, 0.1) is 5.82 Å². The van der Waals surface area contributed by atoms with Crippen molar-refractivity contribution in [3.63, 3.8) is 0 Å². The van der Waals surface area contributed by atoms with E-state index in [2.05, 4.69) is 21.0 Å². The van der Waals surface area contributed by atoms with E-state index in [1.165, 1.54) is 16.8 Å². The molecular weight excluding hydrogens is 417 g/mol. The van der Waals surface area contributed by atoms with Gasteiger partial charge in [0, 0.05) is 38.5 Å². The predicted octanol–water partition coefficient (Wildman–Crippen LogP) is 1.42. The van der Waals surface area contributed by atoms with E-state index in [1.54, 1.807) is 35.5 Å². The van der Waals surface area contributed by atoms with Gasteiger partial charge in [-0.2, -0.15) is 5.10 Å². The van der Waals surface area contributed by atoms with Crippen LogP contribution in [0.1, 0.15) is 5.56 Å². The number of primary amides is 1. The number of carbonyl (C=O) groups is 2. The fourth-order valence-electron chi connectivity index (χ4n) is 2.86. The molecule has 3 rings (SSSR count). The smallest absolute Gasteiger partial charge is 0.246 e. The molecule has 0 saturated carbocycles. The van der Waals surface area contributed by atoms with Crippen molar-refractivity contribution in [2.45, 2.75) is 0 Å². The molecule has 27 heavy (non-hydrogen) atoms. The molecule has 2 aromatic rings. The first-order chi connectivity index (χ1) is 12.9. The van der Waals surface area contributed by atoms with E-state index in [-0.39, 0.29) is 18.4 Å². The lowest BCUT2D eigenvalue weighted by Crippen LogP contribution is -2.50. The summed E-state index contributed by atoms with van der Waals surface area (Å²) >= 11 is 3.28. The third kappa shape index (κ3) is 5.01. The predicted molar refractivity (Wildman–Crippen MR) is 102 cm³/mol. The quantitative estimate of drug-likeness (QED) is 0.719. The van der Waals surface area contributed by atoms with Gasteiger partial charge in [0.1, 0.15) is 11.5 Å². The minimum Gasteiger partial charge on any atom is -0.369 e. The zero-order chi connectivity index (χ0) is 19.4. The van der Waals surface area contributed by atoms with Gasteiger partial charge in [0.2, 0.25) is 11.8 Å². The van der Waals surface area contributed by atoms with Crippen LogP contribution in [0.4, 0.5) is 4.39 Å². The molecule has 1 aromatic heterocycles. The maximum Gasteiger partial charge on any atom is 0.246 e. The molecule has 2 amide bonds. The fraction of sp³-hybridized carbons (Fsp3) is 0.278. The average Bonchev–Trinajstić information content (AvgIpc) is 3.06. The van der Waals surface area contributed by atoms with Crippen molar-refractivity contribution in [3.05, 3.63) is 52.5 Å². The van der Waals surface area contributed by atoms with Crippen molar-refractivity contribution in [1.82, 2.24) is 19.6 Å². The zero-order valence-electron chi connectivity index (χ0n) is 14.5. The molecule has 0 bridgehead atoms. The van der Waals surface area contributed by atoms with E-state index < -0.39 is 5.82 Å². The molecule has 0 aliphatic carbocycles. The SMILES string of the molecule is NC(=O)CN1CCN(C(=O)/C=C/c2ccc(-n3cc(Br)cn3)c(F)c2)CC1. The molecule has 0 atom stereocenters. The Kier molecular flexibility index (Phi) is 6.02. The number of rotatable bonds is 5. The minimum absolute atomic E-state index is 0.144. The van der Waals surface area contributed by atoms with E-state index in [1.807, 2.05) is 4.90 Å². The van der Waals surface area contributed by atoms with Crippen molar-refractivity contribution in [2.24, 2.45) is 5.73 Å². The molecule has 0 spiro atoms. The molecule has 0 radical (unpaired) electrons. The third-order valence-corrected chi connectivity index (χ3v) is 4.66. The zero-order valence-corrected chi connectivity index (χ0v) is 16.1. The van der Waals surface area contributed by atoms with Gasteiger partial charge in [-0.15, -0.1) is 0 Å². The number of piperazine rings is 1. The van der Waals surface area contributed by atoms with Crippen LogP contribution in [0.3, 0.4) is 0 Å². The van der Waals surface area contributed by atoms with Gasteiger partial charge in [-0.25, -0.2) is 9.07 Å². The van der Waals surface area contributed by atoms with E-state index >= 15 is 0 Å². The fourth-order valence-corrected chi connectivity index (χ4v) is 3.15. The summed E-state index contributed by atoms with van der Waals surface area (Å²) in [5.74, 6) is -0.947. The second-order valence-corrected chi connectivity index (χ2v) is 7.13. The Morgan fingerprint density at radius 3 is 2.59 bits per heavy atom. The summed E-state index contributed by atoms with van der Waals surface area (Å²) in [5, 5.41) is 4.05. The normalized spacial score (nSPS) is 15.4. The number of benzene rings is 1. The van der Waals surface area contributed by atoms with Gasteiger partial charge < -0.3 is 10.6 Å². The number of hydrogen-bond donors (Lipinski definition) is 1. The molecule has 1 aliphatic rings. The Balaban J connectivity index is 1.60. The van der Waals surface area contributed by atoms with Crippen molar-refractivity contribution in [1.29, 1.82) is 0 Å². The number of nitrogens with two attached hydrogens (primary N) is 1. The van der Waals surface area contributed by atoms with Gasteiger partial charge in [0.05, 0.1) is 17.2 Å². The summed E-state index contributed by atoms with van der Waals surface area (Å²) < 4.78 is 16.5. The standard InChI is InChI=1S/C18H19BrFN5O2/c19-14-10-22-25(11-14)16-3-1-13(9-15(16)20)2-4-18(27)24-7-5-23(6-8-24)12-17(21)26/h1-4,9-11H,5-8,12H2,(H2,21,26)/b4-2+. The Labute approximate surface area is 164 Å². The van der Waals surface area contributed by atoms with Gasteiger partial charge >= 0.3 is 0 Å². The number of carbonyl (C=O) groups excluding carboxylic acids is 2. The molecular formula is C18H19BrFN5O2. The number of aromatic nitrogens is 2. The second-order valence-electron chi connectivity index (χ2n) is 6.22. The van der Waals surface area contributed by atoms with Crippen LogP contribution >= 0.6 is 15.9 Å². The Morgan fingerprint density at radius 1 is 1.26 bits per heavy atom. The van der Waals surface area contributed by atoms with Crippen LogP contribution in [-0.2, 0) is 9.59 Å². The summed E-state index contributed by atoms with van der Waals surface area (Å²) in [6.45, 7) is 2.46. The first-order valence-corrected chi connectivity index (χ1v) is 9.19. The maximum absolute atomic E-state index is 14.3. The molecule has 9 heteroatoms. The van der Waals surface area contributed by atoms with Crippen molar-refractivity contribution < 1.29 is 14.0 Å². The maximum atomic E-state index is 14.3. The molecule has 0 unspecified atom stereocenters. The van der Waals surface area contributed by atoms with Crippen molar-refractivity contribution in [3.8, 4) is 5.69 Å². The number of amides is 2. The Hall–Kier alpha value is -2.52. The molecule has 1 fully saturated rings. The number of nitrogens with zero attached hydrogens (tertiary/aromatic N) is 4. The van der Waals surface area contributed by atoms with E-state index in [4.69, 9.17) is 5.73 Å². The van der Waals surface area contributed by atoms with Crippen LogP contribution in [0.25, 0.3) is 11.8 Å². The summed E-state index contributed by atoms with van der Waals surface area (Å²) in [4.78, 5) is 26.8. The van der Waals surface area contributed by atoms with Crippen LogP contribution in [0.5, 0.6) is 0 Å². The summed E-state index contributed by atoms with van der Waals surface area (Å²) in [6.07, 6.45) is 6.26. The van der Waals surface area contributed by atoms with Gasteiger partial charge in [0.25, 0.3) is 0 Å². The molecule has 2 heterocycles. The first kappa shape index (κ1) is 19.2. The highest BCUT2D eigenvalue weighted by molar-refractivity contribution is 9.10. The average molecular weight is 436 g/mol. The molecule has 1 aliphatic heterocycles. The first-order valence-electron chi connectivity index (χ1n) is 8.40. The highest BCUT2D eigenvalue weighted by Gasteiger charge is 2.20. The monoisotopic (exact) mass is 435 g/mol. The van der Waals surface area contributed by atoms with E-state index in [9.17, 15) is 14.0 Å². The van der Waals surface area contributed by atoms with Gasteiger partial charge in [-0.3, -0.25) is 14.5 Å². The van der Waals surface area contributed by atoms with Crippen molar-refractivity contribution >= 4 is 33.8 Å². The third-order valence-electron chi connectivity index (χ3n) is 4.25. The van der Waals surface area contributed by atoms with Gasteiger partial charge in [-0.1, -0.05) is 6.07 Å². The summed E-state index contributed by atoms with van der Waals surface area (Å²) in [7, 11) is 0. The largest absolute Gasteiger partial charge is 0.369 e. The lowest BCUT2D eigenvalue weighted by molar-refractivity contribution is -0.128. The van der Waals surface area contributed by atoms with E-state index in [0.717, 1.165) is 4.47 Å². The van der Waals surface area contributed by atoms with Crippen LogP contribution in [0.2, 0.25) is 0 Å².